The van der Waals surface area contributed by atoms with Crippen LogP contribution in [0.15, 0.2) is 60.7 Å². The largest absolute Gasteiger partial charge is 0.748 e. The van der Waals surface area contributed by atoms with Crippen molar-refractivity contribution in [1.29, 1.82) is 0 Å². The zero-order chi connectivity index (χ0) is 57.5. The molecule has 0 aliphatic carbocycles. The molecule has 78 heavy (non-hydrogen) atoms. The molecule has 4 aromatic rings. The molecule has 1 aliphatic rings. The van der Waals surface area contributed by atoms with E-state index in [0.717, 1.165) is 0 Å². The molecule has 0 spiro atoms. The van der Waals surface area contributed by atoms with E-state index in [2.05, 4.69) is 15.4 Å². The standard InChI is InChI=1S/C52H71N7O16S3/c1-38-36-40(51(64)54-25-12-30-59(5,31-15-35-78(71,72)73)29-11-24-53-45(60)20-10-21-48(63)75-57-46(61)22-23-47(57)62)37-39(2)50(38)74-52(65)49-41-16-6-8-18-43(41)56(44-19-9-7-17-42(44)49)27-13-33-76(66,67)55-26-32-58(3,4)28-14-34-77(68,69)70/h6-9,16-19,36-37,55H,10-15,20-35H2,1-5H3,(H-3,53,54,60,64,68,69,70,71,72,73)/p+1. The minimum Gasteiger partial charge on any atom is -0.748 e. The fourth-order valence-corrected chi connectivity index (χ4v) is 11.5. The summed E-state index contributed by atoms with van der Waals surface area (Å²) in [6, 6.07) is 17.8. The number of pyridine rings is 1. The van der Waals surface area contributed by atoms with Gasteiger partial charge in [0.15, 0.2) is 6.54 Å². The van der Waals surface area contributed by atoms with Gasteiger partial charge in [0.1, 0.15) is 5.75 Å². The summed E-state index contributed by atoms with van der Waals surface area (Å²) in [4.78, 5) is 80.6. The summed E-state index contributed by atoms with van der Waals surface area (Å²) >= 11 is 0. The predicted octanol–water partition coefficient (Wildman–Crippen LogP) is 2.22. The molecule has 4 amide bonds. The molecule has 1 atom stereocenters. The molecule has 26 heteroatoms. The number of rotatable bonds is 32. The number of amides is 4. The van der Waals surface area contributed by atoms with Gasteiger partial charge in [-0.15, -0.1) is 5.06 Å². The number of hydrogen-bond donors (Lipinski definition) is 3. The van der Waals surface area contributed by atoms with Gasteiger partial charge < -0.3 is 38.3 Å². The lowest BCUT2D eigenvalue weighted by molar-refractivity contribution is -0.909. The average molecular weight is 1150 g/mol. The van der Waals surface area contributed by atoms with Crippen molar-refractivity contribution < 1.29 is 86.2 Å². The highest BCUT2D eigenvalue weighted by Gasteiger charge is 2.33. The summed E-state index contributed by atoms with van der Waals surface area (Å²) in [5, 5.41) is 7.33. The number of imide groups is 1. The van der Waals surface area contributed by atoms with Gasteiger partial charge >= 0.3 is 11.9 Å². The first kappa shape index (κ1) is 62.8. The summed E-state index contributed by atoms with van der Waals surface area (Å²) in [6.45, 7) is 6.52. The van der Waals surface area contributed by atoms with E-state index < -0.39 is 65.5 Å². The smallest absolute Gasteiger partial charge is 0.345 e. The first-order valence-corrected chi connectivity index (χ1v) is 30.6. The molecule has 3 N–H and O–H groups in total. The van der Waals surface area contributed by atoms with Crippen LogP contribution in [0, 0.1) is 13.8 Å². The molecule has 1 fully saturated rings. The fraction of sp³-hybridized carbons (Fsp3) is 0.519. The molecule has 1 unspecified atom stereocenters. The molecular formula is C52H72N7O16S3+. The van der Waals surface area contributed by atoms with Crippen molar-refractivity contribution in [3.63, 3.8) is 0 Å². The first-order valence-electron chi connectivity index (χ1n) is 25.8. The number of carbonyl (C=O) groups is 6. The molecule has 0 bridgehead atoms. The van der Waals surface area contributed by atoms with Gasteiger partial charge in [-0.25, -0.2) is 39.6 Å². The second-order valence-corrected chi connectivity index (χ2v) is 25.5. The maximum Gasteiger partial charge on any atom is 0.345 e. The Labute approximate surface area is 456 Å². The summed E-state index contributed by atoms with van der Waals surface area (Å²) < 4.78 is 105. The molecule has 1 aromatic heterocycles. The van der Waals surface area contributed by atoms with E-state index in [1.807, 2.05) is 50.0 Å². The zero-order valence-corrected chi connectivity index (χ0v) is 47.3. The molecule has 1 saturated heterocycles. The Hall–Kier alpha value is -6.00. The third kappa shape index (κ3) is 19.7. The Kier molecular flexibility index (Phi) is 22.3. The highest BCUT2D eigenvalue weighted by Crippen LogP contribution is 2.30. The number of nitrogens with one attached hydrogen (secondary N) is 3. The molecule has 3 aromatic carbocycles. The lowest BCUT2D eigenvalue weighted by Crippen LogP contribution is -2.48. The van der Waals surface area contributed by atoms with Crippen LogP contribution in [-0.2, 0) is 60.8 Å². The molecule has 5 rings (SSSR count). The monoisotopic (exact) mass is 1150 g/mol. The molecule has 23 nitrogen and oxygen atoms in total. The number of esters is 1. The van der Waals surface area contributed by atoms with Gasteiger partial charge in [-0.1, -0.05) is 24.3 Å². The molecule has 2 heterocycles. The topological polar surface area (TPSA) is 313 Å². The molecule has 428 valence electrons. The summed E-state index contributed by atoms with van der Waals surface area (Å²) in [5.41, 5.74) is 3.04. The number of aromatic nitrogens is 1. The number of hydrogen-bond acceptors (Lipinski definition) is 16. The van der Waals surface area contributed by atoms with E-state index >= 15 is 0 Å². The van der Waals surface area contributed by atoms with Gasteiger partial charge in [-0.3, -0.25) is 19.2 Å². The van der Waals surface area contributed by atoms with Crippen LogP contribution in [-0.4, -0.2) is 175 Å². The number of nitrogens with zero attached hydrogens (tertiary/aromatic N) is 4. The highest BCUT2D eigenvalue weighted by molar-refractivity contribution is 7.89. The van der Waals surface area contributed by atoms with Crippen molar-refractivity contribution in [2.45, 2.75) is 84.6 Å². The SMILES string of the molecule is Cc1cc(C(=O)NCCC[N+](C)(CCCNC(=O)CCCC(=O)ON2C(=O)CCC2=O)CCCS(=O)(=O)[O-])cc(C)c1OC(=O)c1c2ccccc2[n+](CCCS(=O)(=O)NCC[N+](C)(C)CCCS(=O)(=O)[O-])c2ccccc12. The molecule has 0 radical (unpaired) electrons. The summed E-state index contributed by atoms with van der Waals surface area (Å²) in [7, 11) is -6.92. The number of fused-ring (bicyclic) bond motifs is 2. The Morgan fingerprint density at radius 3 is 1.74 bits per heavy atom. The van der Waals surface area contributed by atoms with Crippen LogP contribution in [0.2, 0.25) is 0 Å². The predicted molar refractivity (Wildman–Crippen MR) is 286 cm³/mol. The van der Waals surface area contributed by atoms with E-state index in [4.69, 9.17) is 9.57 Å². The van der Waals surface area contributed by atoms with Crippen molar-refractivity contribution in [2.24, 2.45) is 0 Å². The van der Waals surface area contributed by atoms with E-state index in [0.29, 0.717) is 110 Å². The van der Waals surface area contributed by atoms with Gasteiger partial charge in [-0.05, 0) is 55.7 Å². The molecule has 0 saturated carbocycles. The minimum absolute atomic E-state index is 0.00219. The fourth-order valence-electron chi connectivity index (χ4n) is 9.43. The number of aryl methyl sites for hydroxylation is 3. The highest BCUT2D eigenvalue weighted by atomic mass is 32.2. The van der Waals surface area contributed by atoms with Crippen LogP contribution in [0.3, 0.4) is 0 Å². The van der Waals surface area contributed by atoms with Crippen LogP contribution in [0.4, 0.5) is 0 Å². The number of quaternary nitrogens is 2. The van der Waals surface area contributed by atoms with Crippen molar-refractivity contribution >= 4 is 87.6 Å². The second-order valence-electron chi connectivity index (χ2n) is 20.6. The number of likely N-dealkylation sites (N-methyl/N-ethyl adjacent to an activating group) is 1. The van der Waals surface area contributed by atoms with Crippen molar-refractivity contribution in [2.75, 3.05) is 90.8 Å². The quantitative estimate of drug-likeness (QED) is 0.00923. The first-order chi connectivity index (χ1) is 36.6. The Morgan fingerprint density at radius 1 is 0.654 bits per heavy atom. The van der Waals surface area contributed by atoms with Crippen LogP contribution >= 0.6 is 0 Å². The van der Waals surface area contributed by atoms with Gasteiger partial charge in [0.05, 0.1) is 103 Å². The van der Waals surface area contributed by atoms with Crippen molar-refractivity contribution in [3.05, 3.63) is 82.9 Å². The van der Waals surface area contributed by atoms with E-state index in [9.17, 15) is 63.1 Å². The third-order valence-corrected chi connectivity index (χ3v) is 16.5. The lowest BCUT2D eigenvalue weighted by Gasteiger charge is -2.35. The maximum absolute atomic E-state index is 14.4. The molecular weight excluding hydrogens is 1070 g/mol. The number of ether oxygens (including phenoxy) is 1. The van der Waals surface area contributed by atoms with Crippen molar-refractivity contribution in [1.82, 2.24) is 20.4 Å². The van der Waals surface area contributed by atoms with E-state index in [1.54, 1.807) is 50.2 Å². The number of benzene rings is 3. The summed E-state index contributed by atoms with van der Waals surface area (Å²) in [5.74, 6) is -4.25. The second kappa shape index (κ2) is 27.7. The van der Waals surface area contributed by atoms with E-state index in [-0.39, 0.29) is 94.3 Å². The Morgan fingerprint density at radius 2 is 1.18 bits per heavy atom. The van der Waals surface area contributed by atoms with Gasteiger partial charge in [-0.2, -0.15) is 4.57 Å². The maximum atomic E-state index is 14.4. The van der Waals surface area contributed by atoms with Gasteiger partial charge in [0.25, 0.3) is 17.7 Å². The zero-order valence-electron chi connectivity index (χ0n) is 44.9. The molecule has 1 aliphatic heterocycles. The van der Waals surface area contributed by atoms with E-state index in [1.165, 1.54) is 0 Å². The Bertz CT molecular complexity index is 3110. The average Bonchev–Trinajstić information content (AvgIpc) is 3.67. The number of hydroxylamine groups is 2. The number of carbonyl (C=O) groups excluding carboxylic acids is 6. The van der Waals surface area contributed by atoms with Gasteiger partial charge in [0.2, 0.25) is 27.0 Å². The summed E-state index contributed by atoms with van der Waals surface area (Å²) in [6.07, 6.45) is 1.38. The minimum atomic E-state index is -4.45. The van der Waals surface area contributed by atoms with Crippen molar-refractivity contribution in [3.8, 4) is 5.75 Å². The van der Waals surface area contributed by atoms with Crippen LogP contribution in [0.5, 0.6) is 5.75 Å². The van der Waals surface area contributed by atoms with Crippen LogP contribution in [0.25, 0.3) is 21.8 Å². The van der Waals surface area contributed by atoms with Gasteiger partial charge in [0, 0.05) is 100 Å². The number of sulfonamides is 1. The normalized spacial score (nSPS) is 14.2. The lowest BCUT2D eigenvalue weighted by atomic mass is 10.0. The Balaban J connectivity index is 1.15. The third-order valence-electron chi connectivity index (χ3n) is 13.5. The van der Waals surface area contributed by atoms with Crippen LogP contribution in [0.1, 0.15) is 96.1 Å². The van der Waals surface area contributed by atoms with Crippen LogP contribution < -0.4 is 24.7 Å². The number of para-hydroxylation sites is 2.